The van der Waals surface area contributed by atoms with Gasteiger partial charge < -0.3 is 66.5 Å². The minimum Gasteiger partial charge on any atom is -0.697 e. The van der Waals surface area contributed by atoms with E-state index in [9.17, 15) is 46.8 Å². The van der Waals surface area contributed by atoms with Crippen LogP contribution in [0.3, 0.4) is 0 Å². The van der Waals surface area contributed by atoms with E-state index >= 15 is 0 Å². The smallest absolute Gasteiger partial charge is 0.697 e. The fourth-order valence-corrected chi connectivity index (χ4v) is 20.6. The van der Waals surface area contributed by atoms with Gasteiger partial charge in [0.25, 0.3) is 21.9 Å². The van der Waals surface area contributed by atoms with E-state index in [2.05, 4.69) is 67.8 Å². The predicted molar refractivity (Wildman–Crippen MR) is 536 cm³/mol. The van der Waals surface area contributed by atoms with Crippen molar-refractivity contribution in [1.82, 2.24) is 40.5 Å². The zero-order valence-electron chi connectivity index (χ0n) is 80.0. The van der Waals surface area contributed by atoms with Gasteiger partial charge in [0, 0.05) is 132 Å². The van der Waals surface area contributed by atoms with Crippen LogP contribution in [0.2, 0.25) is 0 Å². The maximum atomic E-state index is 13.3. The minimum absolute atomic E-state index is 0. The van der Waals surface area contributed by atoms with E-state index in [1.807, 2.05) is 185 Å². The number of nitrogen functional groups attached to an aromatic ring is 1. The molecule has 4 atom stereocenters. The summed E-state index contributed by atoms with van der Waals surface area (Å²) >= 11 is 6.94. The van der Waals surface area contributed by atoms with Crippen molar-refractivity contribution >= 4 is 248 Å². The molecule has 0 unspecified atom stereocenters. The topological polar surface area (TPSA) is 413 Å². The van der Waals surface area contributed by atoms with Gasteiger partial charge in [0.05, 0.1) is 102 Å². The van der Waals surface area contributed by atoms with Gasteiger partial charge in [-0.15, -0.1) is 62.4 Å². The number of thiophene rings is 5. The van der Waals surface area contributed by atoms with Crippen molar-refractivity contribution in [3.05, 3.63) is 180 Å². The molecule has 0 spiro atoms. The number of hydrogen-bond donors (Lipinski definition) is 6. The predicted octanol–water partition coefficient (Wildman–Crippen LogP) is 18.9. The number of imide groups is 1. The van der Waals surface area contributed by atoms with E-state index in [0.29, 0.717) is 44.0 Å². The average molecular weight is 1930 g/mol. The van der Waals surface area contributed by atoms with Crippen LogP contribution < -0.4 is 51.2 Å². The van der Waals surface area contributed by atoms with Crippen LogP contribution in [0, 0.1) is 40.5 Å². The summed E-state index contributed by atoms with van der Waals surface area (Å²) in [5, 5.41) is 25.6. The van der Waals surface area contributed by atoms with Gasteiger partial charge in [-0.1, -0.05) is 37.3 Å². The monoisotopic (exact) mass is 1930 g/mol. The second-order valence-electron chi connectivity index (χ2n) is 35.3. The summed E-state index contributed by atoms with van der Waals surface area (Å²) in [4.78, 5) is 124. The number of fused-ring (bicyclic) bond motifs is 19. The molecule has 30 nitrogen and oxygen atoms in total. The van der Waals surface area contributed by atoms with E-state index in [1.165, 1.54) is 82.9 Å². The number of nitrogens with zero attached hydrogens (tertiary/aromatic N) is 6. The van der Waals surface area contributed by atoms with Crippen LogP contribution in [-0.2, 0) is 47.5 Å². The molecule has 2 aliphatic rings. The normalized spacial score (nSPS) is 14.2. The molecule has 15 aromatic rings. The van der Waals surface area contributed by atoms with Crippen molar-refractivity contribution in [2.75, 3.05) is 75.5 Å². The van der Waals surface area contributed by atoms with E-state index in [4.69, 9.17) is 39.9 Å². The number of anilines is 4. The third-order valence-corrected chi connectivity index (χ3v) is 26.8. The van der Waals surface area contributed by atoms with Crippen LogP contribution >= 0.6 is 56.7 Å². The molecule has 5 aromatic carbocycles. The number of carbonyl (C=O) groups excluding carboxylic acids is 8. The maximum absolute atomic E-state index is 13.3. The summed E-state index contributed by atoms with van der Waals surface area (Å²) in [7, 11) is 0.610. The van der Waals surface area contributed by atoms with Crippen LogP contribution in [0.4, 0.5) is 38.0 Å². The second-order valence-corrected chi connectivity index (χ2v) is 42.2. The van der Waals surface area contributed by atoms with Gasteiger partial charge >= 0.3 is 56.4 Å². The van der Waals surface area contributed by atoms with Gasteiger partial charge in [0.15, 0.2) is 0 Å². The molecular formula is C97H109LiN13O17S6+. The van der Waals surface area contributed by atoms with Crippen LogP contribution in [0.15, 0.2) is 121 Å². The van der Waals surface area contributed by atoms with Gasteiger partial charge in [-0.25, -0.2) is 28.9 Å². The number of pyridine rings is 5. The third-order valence-electron chi connectivity index (χ3n) is 20.5. The van der Waals surface area contributed by atoms with Gasteiger partial charge in [-0.2, -0.15) is 8.42 Å². The largest absolute Gasteiger partial charge is 1.00 e. The first kappa shape index (κ1) is 103. The second kappa shape index (κ2) is 42.3. The number of rotatable bonds is 12. The summed E-state index contributed by atoms with van der Waals surface area (Å²) < 4.78 is 61.3. The van der Waals surface area contributed by atoms with Crippen molar-refractivity contribution in [2.45, 2.75) is 166 Å². The molecule has 17 rings (SSSR count). The van der Waals surface area contributed by atoms with Crippen LogP contribution in [0.5, 0.6) is 0 Å². The molecular weight excluding hydrogens is 1820 g/mol. The van der Waals surface area contributed by atoms with Gasteiger partial charge in [0.1, 0.15) is 36.3 Å². The Balaban J connectivity index is 0.000000169. The van der Waals surface area contributed by atoms with Crippen LogP contribution in [0.1, 0.15) is 175 Å². The number of nitrogens with one attached hydrogen (secondary N) is 6. The number of ether oxygens (including phenoxy) is 6. The maximum Gasteiger partial charge on any atom is 1.00 e. The number of benzene rings is 5. The molecule has 0 fully saturated rings. The first-order chi connectivity index (χ1) is 62.6. The molecule has 12 heterocycles. The Morgan fingerprint density at radius 3 is 1.36 bits per heavy atom. The van der Waals surface area contributed by atoms with E-state index < -0.39 is 57.0 Å². The Bertz CT molecular complexity index is 7060. The Morgan fingerprint density at radius 2 is 0.903 bits per heavy atom. The van der Waals surface area contributed by atoms with Gasteiger partial charge in [-0.3, -0.25) is 43.5 Å². The Kier molecular flexibility index (Phi) is 32.4. The molecule has 8 N–H and O–H groups in total. The van der Waals surface area contributed by atoms with Crippen molar-refractivity contribution < 1.29 is 99.7 Å². The van der Waals surface area contributed by atoms with Gasteiger partial charge in [-0.05, 0) is 220 Å². The first-order valence-corrected chi connectivity index (χ1v) is 48.5. The minimum atomic E-state index is -3.44. The molecule has 0 aliphatic carbocycles. The Hall–Kier alpha value is -12.0. The fourth-order valence-electron chi connectivity index (χ4n) is 14.7. The van der Waals surface area contributed by atoms with Crippen LogP contribution in [0.25, 0.3) is 111 Å². The molecule has 134 heavy (non-hydrogen) atoms. The summed E-state index contributed by atoms with van der Waals surface area (Å²) in [6.45, 7) is 35.0. The van der Waals surface area contributed by atoms with E-state index in [0.717, 1.165) is 162 Å². The quantitative estimate of drug-likeness (QED) is 0.0286. The standard InChI is InChI=1S/C22H27N3O4S.C21H23N3O3S.C16H15N3OS.2C14H12N2O2S.C10H20O5S.Li/c1-12-7-8-14-15(24-12)9-10-16-17(14)18(19(30-16)20(26)28-6)23-11-13(2)25-21(27)29-22(3,4)5;1-11-6-7-13-14(23-11)8-9-15-16(13)17-18(28-15)19(25)24(12(2)10-22-17)20(26)27-21(3,4)5;1-8-3-4-10-11(18-8)5-6-12-13(10)14-15(21-12)16(20)19-9(2)7-17-14;2*1-7-3-4-8-9(16-7)5-6-10-11(8)12(15)13(19-10)14(17)18-2;1-8(7-14-16(5,12)13)6-9(11)15-10(2,3)4;/h7-10,13,23H,11H2,1-6H3,(H,25,27);6-9,12,22H,10H2,1-5H3;3-6,9,17H,7H2,1-2H3,(H,19,20);3-6H,1-2H3,(H2,15,17);3-6H,15H2,1-2H3;8H,6-7H2,1-5H3;/q;;;;;;+1/t13-;12-;9-;;;8-;/m111..0./s1. The molecule has 10 aromatic heterocycles. The number of nitrogens with two attached hydrogens (primary N) is 1. The molecule has 0 saturated carbocycles. The van der Waals surface area contributed by atoms with Crippen molar-refractivity contribution in [2.24, 2.45) is 5.92 Å². The number of esters is 4. The molecule has 37 heteroatoms. The summed E-state index contributed by atoms with van der Waals surface area (Å²) in [5.41, 5.74) is 24.9. The molecule has 0 radical (unpaired) electrons. The number of alkyl carbamates (subject to hydrolysis) is 1. The average Bonchev–Trinajstić information content (AvgIpc) is 1.60. The van der Waals surface area contributed by atoms with E-state index in [1.54, 1.807) is 48.5 Å². The first-order valence-electron chi connectivity index (χ1n) is 42.6. The number of hydrogen-bond acceptors (Lipinski definition) is 31. The number of carbonyl (C=O) groups is 8. The molecule has 2 aliphatic heterocycles. The summed E-state index contributed by atoms with van der Waals surface area (Å²) in [5.74, 6) is -2.11. The van der Waals surface area contributed by atoms with Crippen molar-refractivity contribution in [3.8, 4) is 0 Å². The zero-order valence-corrected chi connectivity index (χ0v) is 83.9. The Morgan fingerprint density at radius 1 is 0.522 bits per heavy atom. The van der Waals surface area contributed by atoms with Crippen molar-refractivity contribution in [3.63, 3.8) is 0 Å². The SMILES string of the molecule is COC(=O)c1sc2ccc3nc(C)ccc3c2c1N.COC(=O)c1sc2ccc3nc(C)ccc3c2c1NC[C@@H](C)NC(=O)OC(C)(C)C.COC(=O)c1sc2ccc3nc(C)ccc3c2c1[NH-].C[C@H](COS(C)(=O)=O)CC(=O)OC(C)(C)C.Cc1ccc2c(ccc3sc4c(c32)NC[C@@H](C)N(C(=O)OC(C)(C)C)C4=O)n1.Cc1ccc2c(ccc3sc4c(c32)NC[C@@H](C)NC4=O)n1.[H+].[Li+]. The molecule has 0 bridgehead atoms. The molecule has 4 amide bonds. The van der Waals surface area contributed by atoms with Crippen LogP contribution in [-0.4, -0.2) is 175 Å². The number of amides is 4. The molecule has 700 valence electrons. The zero-order chi connectivity index (χ0) is 96.9. The summed E-state index contributed by atoms with van der Waals surface area (Å²) in [6.07, 6.45) is 0.0320. The Labute approximate surface area is 809 Å². The van der Waals surface area contributed by atoms with E-state index in [-0.39, 0.29) is 80.8 Å². The van der Waals surface area contributed by atoms with Crippen molar-refractivity contribution in [1.29, 1.82) is 0 Å². The molecule has 0 saturated heterocycles. The number of aryl methyl sites for hydroxylation is 5. The fraction of sp³-hybridized carbons (Fsp3) is 0.351. The number of methoxy groups -OCH3 is 3. The third kappa shape index (κ3) is 24.4. The summed E-state index contributed by atoms with van der Waals surface area (Å²) in [6, 6.07) is 39.1. The number of aromatic nitrogens is 5. The van der Waals surface area contributed by atoms with Gasteiger partial charge in [0.2, 0.25) is 0 Å².